The molecule has 1 heterocycles. The number of amides is 1. The molecule has 1 N–H and O–H groups in total. The minimum absolute atomic E-state index is 0.291. The van der Waals surface area contributed by atoms with Gasteiger partial charge in [0, 0.05) is 12.1 Å². The molecule has 1 saturated heterocycles. The van der Waals surface area contributed by atoms with Crippen molar-refractivity contribution in [2.75, 3.05) is 20.8 Å². The Balaban J connectivity index is 2.28. The smallest absolute Gasteiger partial charge is 0.326 e. The molecule has 2 unspecified atom stereocenters. The molecule has 2 rings (SSSR count). The lowest BCUT2D eigenvalue weighted by molar-refractivity contribution is -0.144. The number of hydrogen-bond acceptors (Lipinski definition) is 4. The summed E-state index contributed by atoms with van der Waals surface area (Å²) in [5, 5.41) is 9.37. The standard InChI is InChI=1S/C16H21NO5/c1-10-6-7-17(12(8-10)16(19)20)15(18)11-4-5-13(21-2)14(9-11)22-3/h4-5,9-10,12H,6-8H2,1-3H3,(H,19,20). The lowest BCUT2D eigenvalue weighted by Crippen LogP contribution is -2.49. The molecule has 1 fully saturated rings. The van der Waals surface area contributed by atoms with Crippen LogP contribution in [0.25, 0.3) is 0 Å². The average molecular weight is 307 g/mol. The van der Waals surface area contributed by atoms with Crippen molar-refractivity contribution in [3.8, 4) is 11.5 Å². The quantitative estimate of drug-likeness (QED) is 0.921. The first-order valence-electron chi connectivity index (χ1n) is 7.23. The molecule has 1 aromatic carbocycles. The van der Waals surface area contributed by atoms with Crippen molar-refractivity contribution in [3.63, 3.8) is 0 Å². The first-order chi connectivity index (χ1) is 10.5. The van der Waals surface area contributed by atoms with Gasteiger partial charge in [0.15, 0.2) is 11.5 Å². The highest BCUT2D eigenvalue weighted by Crippen LogP contribution is 2.30. The van der Waals surface area contributed by atoms with E-state index in [1.807, 2.05) is 6.92 Å². The SMILES string of the molecule is COc1ccc(C(=O)N2CCC(C)CC2C(=O)O)cc1OC. The molecule has 1 aliphatic rings. The number of carbonyl (C=O) groups is 2. The minimum atomic E-state index is -0.958. The Morgan fingerprint density at radius 3 is 2.50 bits per heavy atom. The number of carbonyl (C=O) groups excluding carboxylic acids is 1. The van der Waals surface area contributed by atoms with Gasteiger partial charge in [0.1, 0.15) is 6.04 Å². The fourth-order valence-electron chi connectivity index (χ4n) is 2.75. The molecular weight excluding hydrogens is 286 g/mol. The Bertz CT molecular complexity index is 572. The van der Waals surface area contributed by atoms with Crippen LogP contribution >= 0.6 is 0 Å². The van der Waals surface area contributed by atoms with Gasteiger partial charge in [-0.15, -0.1) is 0 Å². The molecule has 0 saturated carbocycles. The molecule has 120 valence electrons. The molecule has 6 heteroatoms. The van der Waals surface area contributed by atoms with Gasteiger partial charge in [0.25, 0.3) is 5.91 Å². The number of rotatable bonds is 4. The largest absolute Gasteiger partial charge is 0.493 e. The first kappa shape index (κ1) is 16.1. The number of carboxylic acids is 1. The monoisotopic (exact) mass is 307 g/mol. The van der Waals surface area contributed by atoms with Crippen LogP contribution in [0.3, 0.4) is 0 Å². The summed E-state index contributed by atoms with van der Waals surface area (Å²) in [6.45, 7) is 2.46. The van der Waals surface area contributed by atoms with Gasteiger partial charge in [0.05, 0.1) is 14.2 Å². The van der Waals surface area contributed by atoms with E-state index >= 15 is 0 Å². The van der Waals surface area contributed by atoms with Crippen LogP contribution < -0.4 is 9.47 Å². The third-order valence-corrected chi connectivity index (χ3v) is 4.04. The third-order valence-electron chi connectivity index (χ3n) is 4.04. The molecule has 2 atom stereocenters. The summed E-state index contributed by atoms with van der Waals surface area (Å²) >= 11 is 0. The Morgan fingerprint density at radius 1 is 1.23 bits per heavy atom. The summed E-state index contributed by atoms with van der Waals surface area (Å²) in [6.07, 6.45) is 1.29. The van der Waals surface area contributed by atoms with Crippen molar-refractivity contribution in [1.29, 1.82) is 0 Å². The number of likely N-dealkylation sites (tertiary alicyclic amines) is 1. The zero-order valence-electron chi connectivity index (χ0n) is 13.0. The van der Waals surface area contributed by atoms with Crippen molar-refractivity contribution in [3.05, 3.63) is 23.8 Å². The number of benzene rings is 1. The van der Waals surface area contributed by atoms with Crippen LogP contribution in [0.2, 0.25) is 0 Å². The molecule has 0 aliphatic carbocycles. The highest BCUT2D eigenvalue weighted by molar-refractivity contribution is 5.97. The fraction of sp³-hybridized carbons (Fsp3) is 0.500. The molecule has 1 aromatic rings. The summed E-state index contributed by atoms with van der Waals surface area (Å²) in [7, 11) is 3.01. The van der Waals surface area contributed by atoms with Crippen LogP contribution in [-0.2, 0) is 4.79 Å². The van der Waals surface area contributed by atoms with Crippen LogP contribution in [0.15, 0.2) is 18.2 Å². The van der Waals surface area contributed by atoms with Gasteiger partial charge in [0.2, 0.25) is 0 Å². The Kier molecular flexibility index (Phi) is 4.90. The lowest BCUT2D eigenvalue weighted by atomic mass is 9.92. The van der Waals surface area contributed by atoms with Crippen molar-refractivity contribution >= 4 is 11.9 Å². The molecular formula is C16H21NO5. The van der Waals surface area contributed by atoms with E-state index in [9.17, 15) is 14.7 Å². The van der Waals surface area contributed by atoms with Gasteiger partial charge >= 0.3 is 5.97 Å². The van der Waals surface area contributed by atoms with Gasteiger partial charge in [-0.05, 0) is 37.0 Å². The number of ether oxygens (including phenoxy) is 2. The number of piperidine rings is 1. The number of carboxylic acid groups (broad SMARTS) is 1. The zero-order valence-corrected chi connectivity index (χ0v) is 13.0. The van der Waals surface area contributed by atoms with E-state index in [2.05, 4.69) is 0 Å². The Hall–Kier alpha value is -2.24. The second kappa shape index (κ2) is 6.68. The summed E-state index contributed by atoms with van der Waals surface area (Å²) < 4.78 is 10.3. The molecule has 22 heavy (non-hydrogen) atoms. The van der Waals surface area contributed by atoms with Crippen molar-refractivity contribution < 1.29 is 24.2 Å². The number of methoxy groups -OCH3 is 2. The summed E-state index contributed by atoms with van der Waals surface area (Å²) in [4.78, 5) is 25.5. The zero-order chi connectivity index (χ0) is 16.3. The molecule has 1 aliphatic heterocycles. The van der Waals surface area contributed by atoms with Gasteiger partial charge in [-0.1, -0.05) is 6.92 Å². The number of nitrogens with zero attached hydrogens (tertiary/aromatic N) is 1. The van der Waals surface area contributed by atoms with Crippen LogP contribution in [0, 0.1) is 5.92 Å². The van der Waals surface area contributed by atoms with Crippen molar-refractivity contribution in [2.24, 2.45) is 5.92 Å². The van der Waals surface area contributed by atoms with Crippen molar-refractivity contribution in [2.45, 2.75) is 25.8 Å². The van der Waals surface area contributed by atoms with E-state index in [0.29, 0.717) is 35.9 Å². The van der Waals surface area contributed by atoms with Crippen LogP contribution in [0.4, 0.5) is 0 Å². The van der Waals surface area contributed by atoms with E-state index < -0.39 is 12.0 Å². The average Bonchev–Trinajstić information content (AvgIpc) is 2.53. The predicted octanol–water partition coefficient (Wildman–Crippen LogP) is 2.03. The summed E-state index contributed by atoms with van der Waals surface area (Å²) in [5.74, 6) is 0.0305. The maximum Gasteiger partial charge on any atom is 0.326 e. The maximum atomic E-state index is 12.7. The number of hydrogen-bond donors (Lipinski definition) is 1. The molecule has 6 nitrogen and oxygen atoms in total. The second-order valence-electron chi connectivity index (χ2n) is 5.55. The molecule has 0 radical (unpaired) electrons. The topological polar surface area (TPSA) is 76.1 Å². The molecule has 0 bridgehead atoms. The van der Waals surface area contributed by atoms with E-state index in [1.165, 1.54) is 19.1 Å². The van der Waals surface area contributed by atoms with Crippen molar-refractivity contribution in [1.82, 2.24) is 4.90 Å². The van der Waals surface area contributed by atoms with E-state index in [1.54, 1.807) is 18.2 Å². The van der Waals surface area contributed by atoms with E-state index in [0.717, 1.165) is 6.42 Å². The summed E-state index contributed by atoms with van der Waals surface area (Å²) in [5.41, 5.74) is 0.401. The minimum Gasteiger partial charge on any atom is -0.493 e. The van der Waals surface area contributed by atoms with E-state index in [4.69, 9.17) is 9.47 Å². The van der Waals surface area contributed by atoms with Crippen LogP contribution in [0.5, 0.6) is 11.5 Å². The van der Waals surface area contributed by atoms with Gasteiger partial charge in [-0.3, -0.25) is 4.79 Å². The summed E-state index contributed by atoms with van der Waals surface area (Å²) in [6, 6.07) is 4.08. The fourth-order valence-corrected chi connectivity index (χ4v) is 2.75. The van der Waals surface area contributed by atoms with Crippen LogP contribution in [-0.4, -0.2) is 48.7 Å². The lowest BCUT2D eigenvalue weighted by Gasteiger charge is -2.36. The van der Waals surface area contributed by atoms with Crippen LogP contribution in [0.1, 0.15) is 30.1 Å². The molecule has 0 spiro atoms. The normalized spacial score (nSPS) is 21.3. The third kappa shape index (κ3) is 3.16. The Labute approximate surface area is 129 Å². The van der Waals surface area contributed by atoms with Gasteiger partial charge in [-0.25, -0.2) is 4.79 Å². The molecule has 1 amide bonds. The number of aliphatic carboxylic acids is 1. The maximum absolute atomic E-state index is 12.7. The highest BCUT2D eigenvalue weighted by Gasteiger charge is 2.35. The van der Waals surface area contributed by atoms with Gasteiger partial charge < -0.3 is 19.5 Å². The highest BCUT2D eigenvalue weighted by atomic mass is 16.5. The second-order valence-corrected chi connectivity index (χ2v) is 5.55. The first-order valence-corrected chi connectivity index (χ1v) is 7.23. The van der Waals surface area contributed by atoms with Gasteiger partial charge in [-0.2, -0.15) is 0 Å². The Morgan fingerprint density at radius 2 is 1.91 bits per heavy atom. The molecule has 0 aromatic heterocycles. The van der Waals surface area contributed by atoms with E-state index in [-0.39, 0.29) is 5.91 Å². The predicted molar refractivity (Wildman–Crippen MR) is 80.4 cm³/mol.